The Morgan fingerprint density at radius 1 is 1.16 bits per heavy atom. The standard InChI is InChI=1S/C24H27NO6/c1-4-29-12-6-11-25-14-18-19(30-15-25)10-9-17-22(26)21(31-24(17)18)13-16-7-5-8-20(27-2)23(16)28-3/h5,7-10,13H,4,6,11-12,14-15H2,1-3H3/b21-13-. The van der Waals surface area contributed by atoms with Crippen LogP contribution in [-0.4, -0.2) is 51.4 Å². The molecule has 31 heavy (non-hydrogen) atoms. The summed E-state index contributed by atoms with van der Waals surface area (Å²) in [6.45, 7) is 5.45. The number of ether oxygens (including phenoxy) is 5. The first-order valence-electron chi connectivity index (χ1n) is 10.4. The molecule has 0 atom stereocenters. The molecule has 164 valence electrons. The predicted octanol–water partition coefficient (Wildman–Crippen LogP) is 3.90. The lowest BCUT2D eigenvalue weighted by molar-refractivity contribution is 0.0760. The Balaban J connectivity index is 1.59. The third kappa shape index (κ3) is 4.24. The van der Waals surface area contributed by atoms with E-state index in [-0.39, 0.29) is 11.5 Å². The van der Waals surface area contributed by atoms with E-state index in [1.165, 1.54) is 0 Å². The maximum atomic E-state index is 13.0. The summed E-state index contributed by atoms with van der Waals surface area (Å²) in [4.78, 5) is 15.2. The van der Waals surface area contributed by atoms with Gasteiger partial charge in [0.1, 0.15) is 18.2 Å². The minimum absolute atomic E-state index is 0.156. The number of ketones is 1. The molecule has 2 aromatic rings. The molecule has 2 aliphatic rings. The van der Waals surface area contributed by atoms with Gasteiger partial charge in [0.05, 0.1) is 25.3 Å². The summed E-state index contributed by atoms with van der Waals surface area (Å²) in [6.07, 6.45) is 2.61. The van der Waals surface area contributed by atoms with Crippen molar-refractivity contribution in [3.05, 3.63) is 52.8 Å². The monoisotopic (exact) mass is 425 g/mol. The summed E-state index contributed by atoms with van der Waals surface area (Å²) in [5, 5.41) is 0. The molecule has 7 heteroatoms. The Morgan fingerprint density at radius 3 is 2.81 bits per heavy atom. The highest BCUT2D eigenvalue weighted by Crippen LogP contribution is 2.42. The topological polar surface area (TPSA) is 66.5 Å². The van der Waals surface area contributed by atoms with Crippen molar-refractivity contribution in [3.63, 3.8) is 0 Å². The smallest absolute Gasteiger partial charge is 0.231 e. The predicted molar refractivity (Wildman–Crippen MR) is 116 cm³/mol. The molecule has 0 amide bonds. The van der Waals surface area contributed by atoms with Crippen molar-refractivity contribution in [2.75, 3.05) is 40.7 Å². The van der Waals surface area contributed by atoms with Crippen molar-refractivity contribution in [1.82, 2.24) is 4.90 Å². The molecule has 0 unspecified atom stereocenters. The van der Waals surface area contributed by atoms with Gasteiger partial charge in [-0.1, -0.05) is 12.1 Å². The van der Waals surface area contributed by atoms with E-state index in [1.807, 2.05) is 25.1 Å². The molecule has 2 aliphatic heterocycles. The lowest BCUT2D eigenvalue weighted by Crippen LogP contribution is -2.33. The number of benzene rings is 2. The van der Waals surface area contributed by atoms with Crippen LogP contribution in [0.15, 0.2) is 36.1 Å². The first-order valence-corrected chi connectivity index (χ1v) is 10.4. The molecule has 0 saturated heterocycles. The average molecular weight is 425 g/mol. The zero-order chi connectivity index (χ0) is 21.8. The fraction of sp³-hybridized carbons (Fsp3) is 0.375. The minimum Gasteiger partial charge on any atom is -0.493 e. The summed E-state index contributed by atoms with van der Waals surface area (Å²) < 4.78 is 28.2. The van der Waals surface area contributed by atoms with E-state index < -0.39 is 0 Å². The molecule has 0 spiro atoms. The van der Waals surface area contributed by atoms with Crippen LogP contribution in [0.4, 0.5) is 0 Å². The van der Waals surface area contributed by atoms with Gasteiger partial charge in [-0.2, -0.15) is 0 Å². The van der Waals surface area contributed by atoms with Crippen molar-refractivity contribution in [2.24, 2.45) is 0 Å². The number of hydrogen-bond donors (Lipinski definition) is 0. The normalized spacial score (nSPS) is 16.5. The molecular formula is C24H27NO6. The van der Waals surface area contributed by atoms with Crippen LogP contribution in [0.1, 0.15) is 34.8 Å². The Morgan fingerprint density at radius 2 is 2.03 bits per heavy atom. The van der Waals surface area contributed by atoms with Gasteiger partial charge in [0, 0.05) is 31.9 Å². The number of allylic oxidation sites excluding steroid dienone is 1. The molecular weight excluding hydrogens is 398 g/mol. The first-order chi connectivity index (χ1) is 15.2. The van der Waals surface area contributed by atoms with Gasteiger partial charge in [-0.05, 0) is 37.6 Å². The third-order valence-corrected chi connectivity index (χ3v) is 5.37. The molecule has 0 saturated carbocycles. The summed E-state index contributed by atoms with van der Waals surface area (Å²) in [5.74, 6) is 2.57. The Bertz CT molecular complexity index is 1000. The zero-order valence-electron chi connectivity index (χ0n) is 18.1. The van der Waals surface area contributed by atoms with Crippen LogP contribution in [-0.2, 0) is 11.3 Å². The number of methoxy groups -OCH3 is 2. The molecule has 0 radical (unpaired) electrons. The maximum absolute atomic E-state index is 13.0. The van der Waals surface area contributed by atoms with E-state index in [0.29, 0.717) is 41.7 Å². The highest BCUT2D eigenvalue weighted by Gasteiger charge is 2.33. The second-order valence-electron chi connectivity index (χ2n) is 7.32. The number of fused-ring (bicyclic) bond motifs is 3. The van der Waals surface area contributed by atoms with Gasteiger partial charge in [0.2, 0.25) is 5.78 Å². The molecule has 0 fully saturated rings. The van der Waals surface area contributed by atoms with Gasteiger partial charge >= 0.3 is 0 Å². The van der Waals surface area contributed by atoms with Crippen molar-refractivity contribution < 1.29 is 28.5 Å². The van der Waals surface area contributed by atoms with Crippen LogP contribution in [0.2, 0.25) is 0 Å². The van der Waals surface area contributed by atoms with Gasteiger partial charge in [-0.15, -0.1) is 0 Å². The summed E-state index contributed by atoms with van der Waals surface area (Å²) in [7, 11) is 3.15. The quantitative estimate of drug-likeness (QED) is 0.469. The van der Waals surface area contributed by atoms with Crippen LogP contribution in [0, 0.1) is 0 Å². The largest absolute Gasteiger partial charge is 0.493 e. The summed E-state index contributed by atoms with van der Waals surface area (Å²) in [6, 6.07) is 9.12. The van der Waals surface area contributed by atoms with Crippen LogP contribution in [0.25, 0.3) is 6.08 Å². The SMILES string of the molecule is CCOCCCN1COc2ccc3c(c2C1)O/C(=C\c1cccc(OC)c1OC)C3=O. The first kappa shape index (κ1) is 21.2. The minimum atomic E-state index is -0.156. The highest BCUT2D eigenvalue weighted by atomic mass is 16.5. The molecule has 0 aliphatic carbocycles. The second kappa shape index (κ2) is 9.41. The van der Waals surface area contributed by atoms with Crippen molar-refractivity contribution in [2.45, 2.75) is 19.9 Å². The summed E-state index contributed by atoms with van der Waals surface area (Å²) in [5.41, 5.74) is 2.15. The second-order valence-corrected chi connectivity index (χ2v) is 7.32. The van der Waals surface area contributed by atoms with Crippen molar-refractivity contribution in [3.8, 4) is 23.0 Å². The number of rotatable bonds is 8. The Kier molecular flexibility index (Phi) is 6.44. The van der Waals surface area contributed by atoms with Gasteiger partial charge in [0.25, 0.3) is 0 Å². The van der Waals surface area contributed by atoms with Crippen LogP contribution < -0.4 is 18.9 Å². The number of hydrogen-bond acceptors (Lipinski definition) is 7. The van der Waals surface area contributed by atoms with E-state index in [4.69, 9.17) is 23.7 Å². The van der Waals surface area contributed by atoms with E-state index in [1.54, 1.807) is 32.4 Å². The third-order valence-electron chi connectivity index (χ3n) is 5.37. The molecule has 2 aromatic carbocycles. The van der Waals surface area contributed by atoms with Gasteiger partial charge in [-0.25, -0.2) is 0 Å². The van der Waals surface area contributed by atoms with Gasteiger partial charge < -0.3 is 23.7 Å². The number of carbonyl (C=O) groups excluding carboxylic acids is 1. The Hall–Kier alpha value is -3.03. The number of carbonyl (C=O) groups is 1. The fourth-order valence-electron chi connectivity index (χ4n) is 3.85. The molecule has 0 N–H and O–H groups in total. The van der Waals surface area contributed by atoms with E-state index in [2.05, 4.69) is 4.90 Å². The lowest BCUT2D eigenvalue weighted by atomic mass is 10.0. The average Bonchev–Trinajstić information content (AvgIpc) is 3.12. The van der Waals surface area contributed by atoms with E-state index in [0.717, 1.165) is 37.5 Å². The van der Waals surface area contributed by atoms with Crippen LogP contribution >= 0.6 is 0 Å². The van der Waals surface area contributed by atoms with Crippen molar-refractivity contribution >= 4 is 11.9 Å². The molecule has 4 rings (SSSR count). The van der Waals surface area contributed by atoms with Crippen molar-refractivity contribution in [1.29, 1.82) is 0 Å². The molecule has 2 heterocycles. The maximum Gasteiger partial charge on any atom is 0.231 e. The van der Waals surface area contributed by atoms with Crippen LogP contribution in [0.3, 0.4) is 0 Å². The van der Waals surface area contributed by atoms with E-state index in [9.17, 15) is 4.79 Å². The molecule has 7 nitrogen and oxygen atoms in total. The van der Waals surface area contributed by atoms with Gasteiger partial charge in [0.15, 0.2) is 17.3 Å². The highest BCUT2D eigenvalue weighted by molar-refractivity contribution is 6.15. The number of para-hydroxylation sites is 1. The van der Waals surface area contributed by atoms with Gasteiger partial charge in [-0.3, -0.25) is 9.69 Å². The van der Waals surface area contributed by atoms with E-state index >= 15 is 0 Å². The fourth-order valence-corrected chi connectivity index (χ4v) is 3.85. The molecule has 0 bridgehead atoms. The lowest BCUT2D eigenvalue weighted by Gasteiger charge is -2.29. The molecule has 0 aromatic heterocycles. The Labute approximate surface area is 182 Å². The number of Topliss-reactive ketones (excluding diaryl/α,β-unsaturated/α-hetero) is 1. The zero-order valence-corrected chi connectivity index (χ0v) is 18.1. The summed E-state index contributed by atoms with van der Waals surface area (Å²) >= 11 is 0. The van der Waals surface area contributed by atoms with Crippen LogP contribution in [0.5, 0.6) is 23.0 Å². The number of nitrogens with zero attached hydrogens (tertiary/aromatic N) is 1.